The van der Waals surface area contributed by atoms with Crippen LogP contribution in [0.5, 0.6) is 0 Å². The average Bonchev–Trinajstić information content (AvgIpc) is 3.28. The number of imidazole rings is 2. The van der Waals surface area contributed by atoms with Crippen LogP contribution in [-0.4, -0.2) is 103 Å². The maximum atomic E-state index is 11.6. The molecule has 2 bridgehead atoms. The first-order valence-corrected chi connectivity index (χ1v) is 18.8. The molecule has 0 amide bonds. The Balaban J connectivity index is 1.14. The van der Waals surface area contributed by atoms with Gasteiger partial charge < -0.3 is 54.3 Å². The van der Waals surface area contributed by atoms with E-state index in [4.69, 9.17) is 57.9 Å². The fourth-order valence-electron chi connectivity index (χ4n) is 6.73. The summed E-state index contributed by atoms with van der Waals surface area (Å²) in [5.41, 5.74) is 12.3. The molecule has 45 heavy (non-hydrogen) atoms. The summed E-state index contributed by atoms with van der Waals surface area (Å²) in [6, 6.07) is -0.645. The van der Waals surface area contributed by atoms with Crippen LogP contribution < -0.4 is 11.5 Å². The summed E-state index contributed by atoms with van der Waals surface area (Å²) in [5.74, 6) is -0.00927. The number of nitrogens with two attached hydrogens (primary N) is 2. The van der Waals surface area contributed by atoms with Crippen LogP contribution in [0.15, 0.2) is 25.3 Å². The van der Waals surface area contributed by atoms with Gasteiger partial charge in [0.25, 0.3) is 0 Å². The monoisotopic (exact) mass is 700 g/mol. The van der Waals surface area contributed by atoms with Crippen LogP contribution in [0, 0.1) is 11.3 Å². The largest absolute Gasteiger partial charge is 0.388 e. The number of nitrogens with zero attached hydrogens (tertiary/aromatic N) is 8. The van der Waals surface area contributed by atoms with Gasteiger partial charge in [-0.25, -0.2) is 29.9 Å². The minimum atomic E-state index is -4.10. The van der Waals surface area contributed by atoms with Crippen molar-refractivity contribution in [2.75, 3.05) is 24.7 Å². The van der Waals surface area contributed by atoms with Crippen LogP contribution in [0.1, 0.15) is 18.7 Å². The van der Waals surface area contributed by atoms with Gasteiger partial charge in [0.2, 0.25) is 0 Å². The van der Waals surface area contributed by atoms with Crippen molar-refractivity contribution in [1.82, 2.24) is 39.0 Å². The van der Waals surface area contributed by atoms with Gasteiger partial charge >= 0.3 is 13.4 Å². The Morgan fingerprint density at radius 2 is 1.47 bits per heavy atom. The van der Waals surface area contributed by atoms with E-state index in [-0.39, 0.29) is 35.3 Å². The van der Waals surface area contributed by atoms with E-state index in [9.17, 15) is 20.0 Å². The molecule has 8 rings (SSSR count). The van der Waals surface area contributed by atoms with Crippen molar-refractivity contribution in [1.29, 1.82) is 0 Å². The molecule has 23 heteroatoms. The number of rotatable bonds is 2. The quantitative estimate of drug-likeness (QED) is 0.141. The number of hydrogen-bond donors (Lipinski definition) is 6. The van der Waals surface area contributed by atoms with E-state index >= 15 is 0 Å². The molecule has 8 N–H and O–H groups in total. The summed E-state index contributed by atoms with van der Waals surface area (Å²) in [6.45, 7) is -8.84. The molecule has 1 spiro atoms. The lowest BCUT2D eigenvalue weighted by atomic mass is 10.0. The first kappa shape index (κ1) is 30.0. The molecule has 2 aliphatic carbocycles. The number of aliphatic hydroxyl groups excluding tert-OH is 2. The Morgan fingerprint density at radius 3 is 2.16 bits per heavy atom. The molecular weight excluding hydrogens is 674 g/mol. The van der Waals surface area contributed by atoms with E-state index in [1.54, 1.807) is 4.57 Å². The highest BCUT2D eigenvalue weighted by Crippen LogP contribution is 2.72. The lowest BCUT2D eigenvalue weighted by Crippen LogP contribution is -2.38. The maximum absolute atomic E-state index is 11.6. The van der Waals surface area contributed by atoms with Crippen molar-refractivity contribution >= 4 is 71.0 Å². The van der Waals surface area contributed by atoms with E-state index in [1.807, 2.05) is 0 Å². The molecule has 240 valence electrons. The van der Waals surface area contributed by atoms with Gasteiger partial charge in [0, 0.05) is 5.41 Å². The van der Waals surface area contributed by atoms with Crippen molar-refractivity contribution < 1.29 is 42.8 Å². The second-order valence-corrected chi connectivity index (χ2v) is 16.9. The van der Waals surface area contributed by atoms with E-state index in [0.717, 1.165) is 0 Å². The summed E-state index contributed by atoms with van der Waals surface area (Å²) in [4.78, 5) is 47.4. The number of ether oxygens (including phenoxy) is 1. The molecule has 0 radical (unpaired) electrons. The zero-order valence-electron chi connectivity index (χ0n) is 22.8. The Bertz CT molecular complexity index is 1930. The summed E-state index contributed by atoms with van der Waals surface area (Å²) in [5, 5.41) is 22.8. The van der Waals surface area contributed by atoms with Crippen LogP contribution in [0.4, 0.5) is 11.6 Å². The smallest absolute Gasteiger partial charge is 0.325 e. The Hall–Kier alpha value is -2.36. The Morgan fingerprint density at radius 1 is 0.844 bits per heavy atom. The zero-order valence-corrected chi connectivity index (χ0v) is 26.2. The van der Waals surface area contributed by atoms with Gasteiger partial charge in [-0.05, 0) is 36.0 Å². The molecule has 11 atom stereocenters. The van der Waals surface area contributed by atoms with Gasteiger partial charge in [0.05, 0.1) is 31.9 Å². The second kappa shape index (κ2) is 10.3. The molecule has 4 aromatic rings. The molecule has 6 heterocycles. The molecule has 2 unspecified atom stereocenters. The van der Waals surface area contributed by atoms with Gasteiger partial charge in [0.1, 0.15) is 54.2 Å². The minimum Gasteiger partial charge on any atom is -0.388 e. The standard InChI is InChI=1S/C22H26N10O9P2S2/c23-17-10-19(27-4-25-17)31(6-29-10)12-8-1-22(8)3-38-43(36,45)40-15-13(33)9(2-37-42(35,44)41-16(22)14(12)34)39-21(15)32-7-30-11-18(24)26-5-28-20(11)32/h4-9,12-16,21,33-34H,1-3H2,(H,35,44)(H,36,45)(H2,23,25,27)(H2,24,26,28)/t8-,9-,12-,13-,14+,15-,16+,21-,22+,42?,43?/m1/s1. The first-order valence-electron chi connectivity index (χ1n) is 13.6. The number of anilines is 2. The number of hydrogen-bond acceptors (Lipinski definition) is 17. The maximum Gasteiger partial charge on any atom is 0.325 e. The number of aliphatic hydroxyl groups is 2. The molecule has 2 aliphatic heterocycles. The van der Waals surface area contributed by atoms with Crippen LogP contribution in [0.25, 0.3) is 22.3 Å². The van der Waals surface area contributed by atoms with Crippen molar-refractivity contribution in [2.24, 2.45) is 11.3 Å². The summed E-state index contributed by atoms with van der Waals surface area (Å²) < 4.78 is 32.6. The molecular formula is C22H26N10O9P2S2. The fraction of sp³-hybridized carbons (Fsp3) is 0.545. The number of fused-ring (bicyclic) bond motifs is 4. The third-order valence-electron chi connectivity index (χ3n) is 8.90. The lowest BCUT2D eigenvalue weighted by Gasteiger charge is -2.32. The van der Waals surface area contributed by atoms with Crippen molar-refractivity contribution in [3.8, 4) is 0 Å². The van der Waals surface area contributed by atoms with Gasteiger partial charge in [0.15, 0.2) is 29.2 Å². The number of nitrogen functional groups attached to an aromatic ring is 2. The van der Waals surface area contributed by atoms with Crippen LogP contribution in [0.2, 0.25) is 0 Å². The lowest BCUT2D eigenvalue weighted by molar-refractivity contribution is -0.0592. The van der Waals surface area contributed by atoms with Gasteiger partial charge in [-0.15, -0.1) is 0 Å². The third kappa shape index (κ3) is 4.73. The predicted molar refractivity (Wildman–Crippen MR) is 160 cm³/mol. The second-order valence-electron chi connectivity index (χ2n) is 11.3. The highest BCUT2D eigenvalue weighted by Gasteiger charge is 2.73. The molecule has 0 aromatic carbocycles. The summed E-state index contributed by atoms with van der Waals surface area (Å²) in [6.07, 6.45) is -1.53. The van der Waals surface area contributed by atoms with Gasteiger partial charge in [-0.1, -0.05) is 0 Å². The molecule has 2 saturated heterocycles. The average molecular weight is 701 g/mol. The van der Waals surface area contributed by atoms with Crippen molar-refractivity contribution in [2.45, 2.75) is 49.2 Å². The molecule has 4 aliphatic rings. The van der Waals surface area contributed by atoms with E-state index in [1.165, 1.54) is 29.9 Å². The van der Waals surface area contributed by atoms with Crippen LogP contribution in [-0.2, 0) is 46.4 Å². The normalized spacial score (nSPS) is 41.7. The molecule has 4 fully saturated rings. The van der Waals surface area contributed by atoms with Crippen LogP contribution >= 0.6 is 13.4 Å². The number of aromatic nitrogens is 8. The Labute approximate surface area is 263 Å². The molecule has 2 saturated carbocycles. The van der Waals surface area contributed by atoms with Gasteiger partial charge in [-0.2, -0.15) is 0 Å². The van der Waals surface area contributed by atoms with E-state index in [0.29, 0.717) is 17.6 Å². The SMILES string of the molecule is Nc1ncnc2c1ncn2[C@H]1[C@H](O)[C@@H]2OP(O)(=S)OC[C@H]3O[C@@H](n4cnc5c(N)ncnc54)[C@H](OP(O)(=S)OC[C@]24C[C@H]14)[C@@H]3O. The fourth-order valence-corrected chi connectivity index (χ4v) is 9.67. The van der Waals surface area contributed by atoms with Crippen LogP contribution in [0.3, 0.4) is 0 Å². The molecule has 4 aromatic heterocycles. The summed E-state index contributed by atoms with van der Waals surface area (Å²) >= 11 is 10.8. The first-order chi connectivity index (χ1) is 21.4. The summed E-state index contributed by atoms with van der Waals surface area (Å²) in [7, 11) is 0. The zero-order chi connectivity index (χ0) is 31.5. The minimum absolute atomic E-state index is 0.120. The Kier molecular flexibility index (Phi) is 6.88. The third-order valence-corrected chi connectivity index (χ3v) is 12.0. The van der Waals surface area contributed by atoms with E-state index < -0.39 is 68.2 Å². The van der Waals surface area contributed by atoms with Crippen molar-refractivity contribution in [3.63, 3.8) is 0 Å². The predicted octanol–water partition coefficient (Wildman–Crippen LogP) is -0.738. The van der Waals surface area contributed by atoms with Gasteiger partial charge in [-0.3, -0.25) is 9.09 Å². The topological polar surface area (TPSA) is 266 Å². The van der Waals surface area contributed by atoms with Crippen molar-refractivity contribution in [3.05, 3.63) is 25.3 Å². The molecule has 19 nitrogen and oxygen atoms in total. The highest BCUT2D eigenvalue weighted by atomic mass is 32.5. The van der Waals surface area contributed by atoms with E-state index in [2.05, 4.69) is 29.9 Å². The highest BCUT2D eigenvalue weighted by molar-refractivity contribution is 8.07.